The van der Waals surface area contributed by atoms with Gasteiger partial charge in [-0.25, -0.2) is 0 Å². The largest absolute Gasteiger partial charge is 0.394 e. The second-order valence-electron chi connectivity index (χ2n) is 21.1. The maximum atomic E-state index is 13.1. The van der Waals surface area contributed by atoms with E-state index in [1.54, 1.807) is 6.08 Å². The van der Waals surface area contributed by atoms with Crippen LogP contribution in [0, 0.1) is 0 Å². The molecule has 1 fully saturated rings. The van der Waals surface area contributed by atoms with Crippen LogP contribution in [0.2, 0.25) is 0 Å². The number of carbonyl (C=O) groups is 1. The van der Waals surface area contributed by atoms with Crippen molar-refractivity contribution in [3.63, 3.8) is 0 Å². The fourth-order valence-electron chi connectivity index (χ4n) is 9.48. The van der Waals surface area contributed by atoms with Gasteiger partial charge in [-0.15, -0.1) is 0 Å². The van der Waals surface area contributed by atoms with Crippen LogP contribution in [-0.2, 0) is 14.3 Å². The molecule has 9 nitrogen and oxygen atoms in total. The molecular weight excluding hydrogens is 899 g/mol. The zero-order chi connectivity index (χ0) is 52.2. The number of nitrogens with one attached hydrogen (secondary N) is 1. The summed E-state index contributed by atoms with van der Waals surface area (Å²) in [4.78, 5) is 13.1. The summed E-state index contributed by atoms with van der Waals surface area (Å²) in [6, 6.07) is -0.823. The molecule has 0 bridgehead atoms. The van der Waals surface area contributed by atoms with Gasteiger partial charge < -0.3 is 40.3 Å². The van der Waals surface area contributed by atoms with Crippen LogP contribution in [0.5, 0.6) is 0 Å². The topological polar surface area (TPSA) is 149 Å². The highest BCUT2D eigenvalue weighted by atomic mass is 16.7. The van der Waals surface area contributed by atoms with E-state index in [-0.39, 0.29) is 12.5 Å². The smallest absolute Gasteiger partial charge is 0.220 e. The number of hydrogen-bond acceptors (Lipinski definition) is 8. The van der Waals surface area contributed by atoms with E-state index in [0.29, 0.717) is 6.42 Å². The van der Waals surface area contributed by atoms with Crippen molar-refractivity contribution >= 4 is 5.91 Å². The first kappa shape index (κ1) is 67.9. The Bertz CT molecular complexity index is 1310. The van der Waals surface area contributed by atoms with E-state index < -0.39 is 49.5 Å². The lowest BCUT2D eigenvalue weighted by atomic mass is 9.99. The molecule has 0 spiro atoms. The van der Waals surface area contributed by atoms with Crippen molar-refractivity contribution in [3.05, 3.63) is 60.8 Å². The van der Waals surface area contributed by atoms with Crippen LogP contribution in [0.3, 0.4) is 0 Å². The molecule has 1 heterocycles. The molecule has 0 aromatic heterocycles. The predicted octanol–water partition coefficient (Wildman–Crippen LogP) is 15.5. The van der Waals surface area contributed by atoms with Gasteiger partial charge in [-0.3, -0.25) is 4.79 Å². The fourth-order valence-corrected chi connectivity index (χ4v) is 9.48. The number of aliphatic hydroxyl groups is 5. The van der Waals surface area contributed by atoms with Crippen LogP contribution in [0.25, 0.3) is 0 Å². The standard InChI is InChI=1S/C63H115NO8/c1-3-5-7-9-11-13-15-17-19-21-23-24-25-26-27-28-29-30-31-32-33-34-35-37-39-41-43-45-47-49-51-53-59(67)64-56(55-71-63-62(70)61(69)60(68)58(54-65)72-63)57(66)52-50-48-46-44-42-40-38-36-22-20-18-16-14-12-10-8-6-4-2/h15,17,21,23,25-26,42,44,50,52,56-58,60-63,65-66,68-70H,3-14,16,18-20,22,24,27-41,43,45-49,51,53-55H2,1-2H3,(H,64,67)/b17-15-,23-21-,26-25-,44-42+,52-50+. The first-order chi connectivity index (χ1) is 35.3. The lowest BCUT2D eigenvalue weighted by Gasteiger charge is -2.40. The Morgan fingerprint density at radius 1 is 0.472 bits per heavy atom. The lowest BCUT2D eigenvalue weighted by molar-refractivity contribution is -0.302. The minimum absolute atomic E-state index is 0.185. The van der Waals surface area contributed by atoms with Crippen molar-refractivity contribution in [1.29, 1.82) is 0 Å². The van der Waals surface area contributed by atoms with Crippen molar-refractivity contribution < 1.29 is 39.8 Å². The third-order valence-corrected chi connectivity index (χ3v) is 14.3. The predicted molar refractivity (Wildman–Crippen MR) is 304 cm³/mol. The Kier molecular flexibility index (Phi) is 49.4. The Balaban J connectivity index is 2.18. The minimum atomic E-state index is -1.57. The van der Waals surface area contributed by atoms with Gasteiger partial charge in [-0.05, 0) is 70.6 Å². The van der Waals surface area contributed by atoms with Gasteiger partial charge in [0.2, 0.25) is 5.91 Å². The number of aliphatic hydroxyl groups excluding tert-OH is 5. The Labute approximate surface area is 443 Å². The van der Waals surface area contributed by atoms with Gasteiger partial charge in [0.1, 0.15) is 24.4 Å². The number of unbranched alkanes of at least 4 members (excludes halogenated alkanes) is 34. The van der Waals surface area contributed by atoms with Crippen molar-refractivity contribution in [2.45, 2.75) is 320 Å². The first-order valence-electron chi connectivity index (χ1n) is 30.5. The van der Waals surface area contributed by atoms with E-state index in [1.807, 2.05) is 6.08 Å². The monoisotopic (exact) mass is 1010 g/mol. The molecule has 1 aliphatic heterocycles. The highest BCUT2D eigenvalue weighted by Crippen LogP contribution is 2.23. The second kappa shape index (κ2) is 52.3. The van der Waals surface area contributed by atoms with Crippen LogP contribution in [-0.4, -0.2) is 87.5 Å². The maximum absolute atomic E-state index is 13.1. The van der Waals surface area contributed by atoms with Gasteiger partial charge in [0.15, 0.2) is 6.29 Å². The normalized spacial score (nSPS) is 19.6. The summed E-state index contributed by atoms with van der Waals surface area (Å²) in [7, 11) is 0. The fraction of sp³-hybridized carbons (Fsp3) is 0.825. The molecular formula is C63H115NO8. The molecule has 1 saturated heterocycles. The molecule has 72 heavy (non-hydrogen) atoms. The third-order valence-electron chi connectivity index (χ3n) is 14.3. The zero-order valence-electron chi connectivity index (χ0n) is 46.7. The van der Waals surface area contributed by atoms with E-state index in [9.17, 15) is 30.3 Å². The van der Waals surface area contributed by atoms with Crippen molar-refractivity contribution in [3.8, 4) is 0 Å². The highest BCUT2D eigenvalue weighted by molar-refractivity contribution is 5.76. The molecule has 7 unspecified atom stereocenters. The molecule has 0 saturated carbocycles. The van der Waals surface area contributed by atoms with Crippen molar-refractivity contribution in [1.82, 2.24) is 5.32 Å². The van der Waals surface area contributed by atoms with Gasteiger partial charge in [0.05, 0.1) is 25.4 Å². The molecule has 1 rings (SSSR count). The van der Waals surface area contributed by atoms with Gasteiger partial charge in [-0.2, -0.15) is 0 Å². The molecule has 7 atom stereocenters. The first-order valence-corrected chi connectivity index (χ1v) is 30.5. The van der Waals surface area contributed by atoms with E-state index >= 15 is 0 Å². The van der Waals surface area contributed by atoms with Gasteiger partial charge >= 0.3 is 0 Å². The summed E-state index contributed by atoms with van der Waals surface area (Å²) < 4.78 is 11.3. The van der Waals surface area contributed by atoms with Crippen LogP contribution >= 0.6 is 0 Å². The molecule has 1 aliphatic rings. The second-order valence-corrected chi connectivity index (χ2v) is 21.1. The van der Waals surface area contributed by atoms with E-state index in [0.717, 1.165) is 51.4 Å². The van der Waals surface area contributed by atoms with E-state index in [1.165, 1.54) is 205 Å². The molecule has 420 valence electrons. The number of allylic oxidation sites excluding steroid dienone is 9. The zero-order valence-corrected chi connectivity index (χ0v) is 46.7. The summed E-state index contributed by atoms with van der Waals surface area (Å²) in [6.45, 7) is 3.77. The van der Waals surface area contributed by atoms with Gasteiger partial charge in [0, 0.05) is 6.42 Å². The summed E-state index contributed by atoms with van der Waals surface area (Å²) in [5, 5.41) is 54.5. The molecule has 0 radical (unpaired) electrons. The Morgan fingerprint density at radius 3 is 1.26 bits per heavy atom. The average molecular weight is 1010 g/mol. The summed E-state index contributed by atoms with van der Waals surface area (Å²) in [5.74, 6) is -0.185. The van der Waals surface area contributed by atoms with E-state index in [2.05, 4.69) is 67.8 Å². The van der Waals surface area contributed by atoms with Crippen LogP contribution < -0.4 is 5.32 Å². The average Bonchev–Trinajstić information content (AvgIpc) is 3.38. The molecule has 9 heteroatoms. The summed E-state index contributed by atoms with van der Waals surface area (Å²) >= 11 is 0. The maximum Gasteiger partial charge on any atom is 0.220 e. The summed E-state index contributed by atoms with van der Waals surface area (Å²) in [5.41, 5.74) is 0. The number of carbonyl (C=O) groups excluding carboxylic acids is 1. The van der Waals surface area contributed by atoms with E-state index in [4.69, 9.17) is 9.47 Å². The highest BCUT2D eigenvalue weighted by Gasteiger charge is 2.44. The van der Waals surface area contributed by atoms with Gasteiger partial charge in [-0.1, -0.05) is 261 Å². The number of ether oxygens (including phenoxy) is 2. The minimum Gasteiger partial charge on any atom is -0.394 e. The number of rotatable bonds is 52. The van der Waals surface area contributed by atoms with Crippen molar-refractivity contribution in [2.24, 2.45) is 0 Å². The SMILES string of the molecule is CCCCCCC/C=C\C/C=C\C/C=C\CCCCCCCCCCCCCCCCCCC(=O)NC(COC1OC(CO)C(O)C(O)C1O)C(O)/C=C/CC/C=C/CCCCCCCCCCCCCC. The summed E-state index contributed by atoms with van der Waals surface area (Å²) in [6.07, 6.45) is 64.4. The lowest BCUT2D eigenvalue weighted by Crippen LogP contribution is -2.60. The molecule has 1 amide bonds. The molecule has 6 N–H and O–H groups in total. The molecule has 0 aliphatic carbocycles. The number of hydrogen-bond donors (Lipinski definition) is 6. The Morgan fingerprint density at radius 2 is 0.833 bits per heavy atom. The number of amides is 1. The molecule has 0 aromatic carbocycles. The van der Waals surface area contributed by atoms with Crippen molar-refractivity contribution in [2.75, 3.05) is 13.2 Å². The van der Waals surface area contributed by atoms with Gasteiger partial charge in [0.25, 0.3) is 0 Å². The Hall–Kier alpha value is -2.11. The third kappa shape index (κ3) is 41.2. The van der Waals surface area contributed by atoms with Crippen LogP contribution in [0.4, 0.5) is 0 Å². The van der Waals surface area contributed by atoms with Crippen LogP contribution in [0.15, 0.2) is 60.8 Å². The molecule has 0 aromatic rings. The van der Waals surface area contributed by atoms with Crippen LogP contribution in [0.1, 0.15) is 277 Å². The quantitative estimate of drug-likeness (QED) is 0.0261.